The van der Waals surface area contributed by atoms with Crippen molar-refractivity contribution in [2.24, 2.45) is 5.92 Å². The summed E-state index contributed by atoms with van der Waals surface area (Å²) < 4.78 is 0. The van der Waals surface area contributed by atoms with Gasteiger partial charge in [0.05, 0.1) is 0 Å². The summed E-state index contributed by atoms with van der Waals surface area (Å²) in [5, 5.41) is 17.9. The van der Waals surface area contributed by atoms with E-state index in [-0.39, 0.29) is 11.8 Å². The molecule has 0 saturated carbocycles. The van der Waals surface area contributed by atoms with Crippen LogP contribution in [0.5, 0.6) is 0 Å². The molecule has 5 nitrogen and oxygen atoms in total. The van der Waals surface area contributed by atoms with Gasteiger partial charge in [-0.25, -0.2) is 4.98 Å². The zero-order valence-electron chi connectivity index (χ0n) is 20.6. The molecule has 2 heterocycles. The molecule has 3 aromatic carbocycles. The normalized spacial score (nSPS) is 14.6. The highest BCUT2D eigenvalue weighted by Crippen LogP contribution is 2.42. The zero-order chi connectivity index (χ0) is 25.1. The Morgan fingerprint density at radius 1 is 0.944 bits per heavy atom. The minimum Gasteiger partial charge on any atom is -0.380 e. The highest BCUT2D eigenvalue weighted by atomic mass is 32.1. The molecule has 1 aliphatic rings. The minimum atomic E-state index is -1.10. The van der Waals surface area contributed by atoms with Gasteiger partial charge in [-0.1, -0.05) is 66.7 Å². The number of nitrogens with one attached hydrogen (secondary N) is 1. The van der Waals surface area contributed by atoms with Gasteiger partial charge in [0.25, 0.3) is 5.91 Å². The highest BCUT2D eigenvalue weighted by molar-refractivity contribution is 7.14. The van der Waals surface area contributed by atoms with Crippen LogP contribution in [0.4, 0.5) is 10.8 Å². The molecule has 4 aromatic rings. The predicted octanol–water partition coefficient (Wildman–Crippen LogP) is 6.29. The van der Waals surface area contributed by atoms with Crippen LogP contribution in [-0.2, 0) is 5.60 Å². The molecular weight excluding hydrogens is 466 g/mol. The van der Waals surface area contributed by atoms with Crippen molar-refractivity contribution in [1.82, 2.24) is 9.88 Å². The van der Waals surface area contributed by atoms with E-state index in [2.05, 4.69) is 36.3 Å². The summed E-state index contributed by atoms with van der Waals surface area (Å²) in [4.78, 5) is 19.7. The number of likely N-dealkylation sites (tertiary alicyclic amines) is 1. The lowest BCUT2D eigenvalue weighted by molar-refractivity contribution is -0.0123. The summed E-state index contributed by atoms with van der Waals surface area (Å²) in [5.74, 6) is -0.0513. The second-order valence-corrected chi connectivity index (χ2v) is 10.4. The Balaban J connectivity index is 1.28. The van der Waals surface area contributed by atoms with Crippen LogP contribution in [-0.4, -0.2) is 34.0 Å². The number of nitrogens with zero attached hydrogens (tertiary/aromatic N) is 2. The van der Waals surface area contributed by atoms with Gasteiger partial charge in [0.2, 0.25) is 0 Å². The Kier molecular flexibility index (Phi) is 6.90. The third-order valence-corrected chi connectivity index (χ3v) is 8.04. The Morgan fingerprint density at radius 3 is 2.14 bits per heavy atom. The van der Waals surface area contributed by atoms with E-state index in [1.165, 1.54) is 22.5 Å². The third kappa shape index (κ3) is 4.79. The average molecular weight is 498 g/mol. The van der Waals surface area contributed by atoms with Crippen molar-refractivity contribution in [3.05, 3.63) is 112 Å². The van der Waals surface area contributed by atoms with Gasteiger partial charge in [0.1, 0.15) is 11.3 Å². The van der Waals surface area contributed by atoms with Crippen LogP contribution in [0.15, 0.2) is 84.2 Å². The SMILES string of the molecule is Cc1ccc(Nc2nc(C(=O)N3CCC(C(O)(c4ccccc4)c4ccccc4)CC3)cs2)cc1C. The van der Waals surface area contributed by atoms with Crippen LogP contribution >= 0.6 is 11.3 Å². The number of rotatable bonds is 6. The summed E-state index contributed by atoms with van der Waals surface area (Å²) in [6, 6.07) is 25.9. The molecule has 0 bridgehead atoms. The van der Waals surface area contributed by atoms with E-state index < -0.39 is 5.60 Å². The van der Waals surface area contributed by atoms with Gasteiger partial charge in [-0.3, -0.25) is 4.79 Å². The lowest BCUT2D eigenvalue weighted by atomic mass is 9.72. The first-order chi connectivity index (χ1) is 17.4. The van der Waals surface area contributed by atoms with E-state index in [4.69, 9.17) is 0 Å². The number of thiazole rings is 1. The first-order valence-corrected chi connectivity index (χ1v) is 13.3. The van der Waals surface area contributed by atoms with Crippen LogP contribution in [0.3, 0.4) is 0 Å². The Labute approximate surface area is 216 Å². The molecule has 1 aromatic heterocycles. The van der Waals surface area contributed by atoms with Gasteiger partial charge in [0.15, 0.2) is 5.13 Å². The topological polar surface area (TPSA) is 65.5 Å². The third-order valence-electron chi connectivity index (χ3n) is 7.28. The molecule has 0 unspecified atom stereocenters. The van der Waals surface area contributed by atoms with Gasteiger partial charge in [-0.2, -0.15) is 0 Å². The van der Waals surface area contributed by atoms with Crippen molar-refractivity contribution in [3.63, 3.8) is 0 Å². The maximum absolute atomic E-state index is 13.2. The number of anilines is 2. The lowest BCUT2D eigenvalue weighted by Gasteiger charge is -2.42. The minimum absolute atomic E-state index is 0.00351. The molecular formula is C30H31N3O2S. The lowest BCUT2D eigenvalue weighted by Crippen LogP contribution is -2.46. The highest BCUT2D eigenvalue weighted by Gasteiger charge is 2.42. The molecule has 1 fully saturated rings. The second-order valence-electron chi connectivity index (χ2n) is 9.53. The smallest absolute Gasteiger partial charge is 0.273 e. The van der Waals surface area contributed by atoms with Gasteiger partial charge in [-0.15, -0.1) is 11.3 Å². The Bertz CT molecular complexity index is 1290. The van der Waals surface area contributed by atoms with E-state index in [0.717, 1.165) is 16.8 Å². The van der Waals surface area contributed by atoms with Crippen molar-refractivity contribution in [1.29, 1.82) is 0 Å². The number of hydrogen-bond donors (Lipinski definition) is 2. The van der Waals surface area contributed by atoms with E-state index >= 15 is 0 Å². The molecule has 0 atom stereocenters. The fourth-order valence-electron chi connectivity index (χ4n) is 5.06. The van der Waals surface area contributed by atoms with Crippen molar-refractivity contribution < 1.29 is 9.90 Å². The number of carbonyl (C=O) groups excluding carboxylic acids is 1. The van der Waals surface area contributed by atoms with Crippen molar-refractivity contribution in [2.75, 3.05) is 18.4 Å². The molecule has 5 rings (SSSR count). The number of hydrogen-bond acceptors (Lipinski definition) is 5. The summed E-state index contributed by atoms with van der Waals surface area (Å²) in [6.07, 6.45) is 1.42. The fraction of sp³-hybridized carbons (Fsp3) is 0.267. The van der Waals surface area contributed by atoms with Gasteiger partial charge < -0.3 is 15.3 Å². The van der Waals surface area contributed by atoms with Gasteiger partial charge in [0, 0.05) is 24.2 Å². The summed E-state index contributed by atoms with van der Waals surface area (Å²) >= 11 is 1.44. The summed E-state index contributed by atoms with van der Waals surface area (Å²) in [7, 11) is 0. The summed E-state index contributed by atoms with van der Waals surface area (Å²) in [5.41, 5.74) is 4.57. The Morgan fingerprint density at radius 2 is 1.56 bits per heavy atom. The standard InChI is InChI=1S/C30H31N3O2S/c1-21-13-14-26(19-22(21)2)31-29-32-27(20-36-29)28(34)33-17-15-25(16-18-33)30(35,23-9-5-3-6-10-23)24-11-7-4-8-12-24/h3-14,19-20,25,35H,15-18H2,1-2H3,(H,31,32). The maximum atomic E-state index is 13.2. The molecule has 36 heavy (non-hydrogen) atoms. The largest absolute Gasteiger partial charge is 0.380 e. The zero-order valence-corrected chi connectivity index (χ0v) is 21.5. The monoisotopic (exact) mass is 497 g/mol. The van der Waals surface area contributed by atoms with Crippen molar-refractivity contribution >= 4 is 28.1 Å². The second kappa shape index (κ2) is 10.2. The molecule has 6 heteroatoms. The van der Waals surface area contributed by atoms with Crippen LogP contribution in [0, 0.1) is 19.8 Å². The Hall–Kier alpha value is -3.48. The maximum Gasteiger partial charge on any atom is 0.273 e. The summed E-state index contributed by atoms with van der Waals surface area (Å²) in [6.45, 7) is 5.34. The first kappa shape index (κ1) is 24.2. The molecule has 2 N–H and O–H groups in total. The number of piperidine rings is 1. The average Bonchev–Trinajstić information content (AvgIpc) is 3.39. The molecule has 0 aliphatic carbocycles. The van der Waals surface area contributed by atoms with E-state index in [9.17, 15) is 9.90 Å². The van der Waals surface area contributed by atoms with Crippen molar-refractivity contribution in [3.8, 4) is 0 Å². The van der Waals surface area contributed by atoms with E-state index in [1.54, 1.807) is 0 Å². The van der Waals surface area contributed by atoms with Gasteiger partial charge >= 0.3 is 0 Å². The number of aliphatic hydroxyl groups is 1. The number of aromatic nitrogens is 1. The van der Waals surface area contributed by atoms with E-state index in [0.29, 0.717) is 36.8 Å². The van der Waals surface area contributed by atoms with Crippen molar-refractivity contribution in [2.45, 2.75) is 32.3 Å². The van der Waals surface area contributed by atoms with Crippen LogP contribution < -0.4 is 5.32 Å². The van der Waals surface area contributed by atoms with Gasteiger partial charge in [-0.05, 0) is 67.0 Å². The quantitative estimate of drug-likeness (QED) is 0.328. The predicted molar refractivity (Wildman–Crippen MR) is 146 cm³/mol. The fourth-order valence-corrected chi connectivity index (χ4v) is 5.76. The first-order valence-electron chi connectivity index (χ1n) is 12.4. The molecule has 0 radical (unpaired) electrons. The van der Waals surface area contributed by atoms with Crippen LogP contribution in [0.1, 0.15) is 45.6 Å². The van der Waals surface area contributed by atoms with E-state index in [1.807, 2.05) is 77.0 Å². The molecule has 1 aliphatic heterocycles. The number of benzene rings is 3. The van der Waals surface area contributed by atoms with Crippen LogP contribution in [0.2, 0.25) is 0 Å². The number of amides is 1. The molecule has 0 spiro atoms. The van der Waals surface area contributed by atoms with Crippen LogP contribution in [0.25, 0.3) is 0 Å². The number of aryl methyl sites for hydroxylation is 2. The molecule has 1 saturated heterocycles. The number of carbonyl (C=O) groups is 1. The molecule has 184 valence electrons. The molecule has 1 amide bonds.